The third kappa shape index (κ3) is 2.47. The number of carbonyl (C=O) groups is 1. The molecule has 0 aliphatic carbocycles. The number of aromatic nitrogens is 2. The fourth-order valence-corrected chi connectivity index (χ4v) is 2.20. The molecule has 0 radical (unpaired) electrons. The van der Waals surface area contributed by atoms with Gasteiger partial charge in [0.1, 0.15) is 10.8 Å². The Hall–Kier alpha value is -1.55. The highest BCUT2D eigenvalue weighted by Gasteiger charge is 2.06. The molecule has 0 saturated heterocycles. The highest BCUT2D eigenvalue weighted by molar-refractivity contribution is 7.15. The van der Waals surface area contributed by atoms with Crippen LogP contribution in [0.25, 0.3) is 10.7 Å². The van der Waals surface area contributed by atoms with E-state index in [0.29, 0.717) is 6.42 Å². The van der Waals surface area contributed by atoms with Crippen LogP contribution in [0, 0.1) is 0 Å². The first-order valence-electron chi connectivity index (χ1n) is 4.61. The molecule has 2 rings (SSSR count). The topological polar surface area (TPSA) is 42.9 Å². The summed E-state index contributed by atoms with van der Waals surface area (Å²) in [7, 11) is 0. The van der Waals surface area contributed by atoms with Crippen molar-refractivity contribution in [3.63, 3.8) is 0 Å². The summed E-state index contributed by atoms with van der Waals surface area (Å²) >= 11 is 1.52. The third-order valence-electron chi connectivity index (χ3n) is 1.86. The molecule has 0 fully saturated rings. The Kier molecular flexibility index (Phi) is 2.87. The van der Waals surface area contributed by atoms with Crippen LogP contribution < -0.4 is 0 Å². The van der Waals surface area contributed by atoms with E-state index in [-0.39, 0.29) is 5.78 Å². The molecule has 0 aliphatic rings. The molecule has 0 bridgehead atoms. The van der Waals surface area contributed by atoms with Crippen LogP contribution in [0.3, 0.4) is 0 Å². The van der Waals surface area contributed by atoms with E-state index in [1.54, 1.807) is 19.3 Å². The molecule has 2 aromatic heterocycles. The smallest absolute Gasteiger partial charge is 0.142 e. The molecule has 0 N–H and O–H groups in total. The molecule has 0 unspecified atom stereocenters. The van der Waals surface area contributed by atoms with Gasteiger partial charge in [-0.15, -0.1) is 11.3 Å². The van der Waals surface area contributed by atoms with Gasteiger partial charge in [-0.1, -0.05) is 6.07 Å². The lowest BCUT2D eigenvalue weighted by Crippen LogP contribution is -1.92. The average Bonchev–Trinajstić information content (AvgIpc) is 2.67. The SMILES string of the molecule is CC(=O)Cc1cnc(-c2ccccn2)s1. The normalized spacial score (nSPS) is 10.2. The number of pyridine rings is 1. The molecule has 0 spiro atoms. The van der Waals surface area contributed by atoms with E-state index in [0.717, 1.165) is 15.6 Å². The van der Waals surface area contributed by atoms with E-state index in [4.69, 9.17) is 0 Å². The van der Waals surface area contributed by atoms with Crippen molar-refractivity contribution in [2.24, 2.45) is 0 Å². The fraction of sp³-hybridized carbons (Fsp3) is 0.182. The van der Waals surface area contributed by atoms with Gasteiger partial charge in [0.2, 0.25) is 0 Å². The Balaban J connectivity index is 2.24. The molecule has 2 aromatic rings. The largest absolute Gasteiger partial charge is 0.300 e. The van der Waals surface area contributed by atoms with Crippen LogP contribution in [0.5, 0.6) is 0 Å². The molecular formula is C11H10N2OS. The Labute approximate surface area is 91.8 Å². The summed E-state index contributed by atoms with van der Waals surface area (Å²) in [5.41, 5.74) is 0.859. The van der Waals surface area contributed by atoms with Crippen molar-refractivity contribution in [3.05, 3.63) is 35.5 Å². The number of carbonyl (C=O) groups excluding carboxylic acids is 1. The van der Waals surface area contributed by atoms with Crippen LogP contribution in [0.15, 0.2) is 30.6 Å². The van der Waals surface area contributed by atoms with Gasteiger partial charge in [-0.25, -0.2) is 4.98 Å². The lowest BCUT2D eigenvalue weighted by atomic mass is 10.3. The molecule has 0 amide bonds. The van der Waals surface area contributed by atoms with Gasteiger partial charge in [0.05, 0.1) is 5.69 Å². The summed E-state index contributed by atoms with van der Waals surface area (Å²) in [5.74, 6) is 0.159. The van der Waals surface area contributed by atoms with Gasteiger partial charge >= 0.3 is 0 Å². The van der Waals surface area contributed by atoms with Crippen molar-refractivity contribution in [3.8, 4) is 10.7 Å². The van der Waals surface area contributed by atoms with Crippen molar-refractivity contribution in [2.45, 2.75) is 13.3 Å². The summed E-state index contributed by atoms with van der Waals surface area (Å²) in [6, 6.07) is 5.71. The number of hydrogen-bond acceptors (Lipinski definition) is 4. The van der Waals surface area contributed by atoms with Gasteiger partial charge in [-0.3, -0.25) is 9.78 Å². The summed E-state index contributed by atoms with van der Waals surface area (Å²) in [5, 5.41) is 0.867. The minimum absolute atomic E-state index is 0.159. The van der Waals surface area contributed by atoms with E-state index >= 15 is 0 Å². The molecule has 0 aliphatic heterocycles. The molecule has 3 nitrogen and oxygen atoms in total. The van der Waals surface area contributed by atoms with E-state index in [1.165, 1.54) is 11.3 Å². The molecule has 4 heteroatoms. The predicted molar refractivity (Wildman–Crippen MR) is 59.7 cm³/mol. The Morgan fingerprint density at radius 2 is 2.27 bits per heavy atom. The van der Waals surface area contributed by atoms with Crippen molar-refractivity contribution in [1.29, 1.82) is 0 Å². The Bertz CT molecular complexity index is 464. The molecule has 0 atom stereocenters. The van der Waals surface area contributed by atoms with Crippen LogP contribution in [-0.4, -0.2) is 15.8 Å². The fourth-order valence-electron chi connectivity index (χ4n) is 1.24. The summed E-state index contributed by atoms with van der Waals surface area (Å²) in [6.45, 7) is 1.58. The van der Waals surface area contributed by atoms with E-state index in [2.05, 4.69) is 9.97 Å². The second-order valence-corrected chi connectivity index (χ2v) is 4.34. The zero-order chi connectivity index (χ0) is 10.7. The first-order valence-corrected chi connectivity index (χ1v) is 5.43. The van der Waals surface area contributed by atoms with Crippen molar-refractivity contribution >= 4 is 17.1 Å². The first kappa shape index (κ1) is 9.98. The van der Waals surface area contributed by atoms with Crippen molar-refractivity contribution in [2.75, 3.05) is 0 Å². The summed E-state index contributed by atoms with van der Waals surface area (Å²) in [4.78, 5) is 20.4. The number of Topliss-reactive ketones (excluding diaryl/α,β-unsaturated/α-hetero) is 1. The highest BCUT2D eigenvalue weighted by Crippen LogP contribution is 2.23. The second kappa shape index (κ2) is 4.31. The minimum Gasteiger partial charge on any atom is -0.300 e. The Morgan fingerprint density at radius 3 is 2.93 bits per heavy atom. The van der Waals surface area contributed by atoms with Gasteiger partial charge < -0.3 is 0 Å². The number of rotatable bonds is 3. The third-order valence-corrected chi connectivity index (χ3v) is 2.88. The lowest BCUT2D eigenvalue weighted by Gasteiger charge is -1.92. The zero-order valence-electron chi connectivity index (χ0n) is 8.30. The van der Waals surface area contributed by atoms with Crippen LogP contribution in [0.1, 0.15) is 11.8 Å². The zero-order valence-corrected chi connectivity index (χ0v) is 9.12. The molecule has 15 heavy (non-hydrogen) atoms. The van der Waals surface area contributed by atoms with Gasteiger partial charge in [0, 0.05) is 23.7 Å². The highest BCUT2D eigenvalue weighted by atomic mass is 32.1. The maximum absolute atomic E-state index is 10.9. The van der Waals surface area contributed by atoms with Crippen LogP contribution in [0.2, 0.25) is 0 Å². The first-order chi connectivity index (χ1) is 7.25. The van der Waals surface area contributed by atoms with E-state index < -0.39 is 0 Å². The summed E-state index contributed by atoms with van der Waals surface area (Å²) < 4.78 is 0. The predicted octanol–water partition coefficient (Wildman–Crippen LogP) is 2.34. The molecular weight excluding hydrogens is 208 g/mol. The minimum atomic E-state index is 0.159. The number of ketones is 1. The molecule has 2 heterocycles. The summed E-state index contributed by atoms with van der Waals surface area (Å²) in [6.07, 6.45) is 3.95. The molecule has 0 aromatic carbocycles. The quantitative estimate of drug-likeness (QED) is 0.794. The van der Waals surface area contributed by atoms with Crippen LogP contribution in [0.4, 0.5) is 0 Å². The average molecular weight is 218 g/mol. The van der Waals surface area contributed by atoms with Crippen molar-refractivity contribution in [1.82, 2.24) is 9.97 Å². The van der Waals surface area contributed by atoms with E-state index in [9.17, 15) is 4.79 Å². The van der Waals surface area contributed by atoms with Gasteiger partial charge in [0.15, 0.2) is 0 Å². The van der Waals surface area contributed by atoms with E-state index in [1.807, 2.05) is 18.2 Å². The molecule has 76 valence electrons. The maximum atomic E-state index is 10.9. The standard InChI is InChI=1S/C11H10N2OS/c1-8(14)6-9-7-13-11(15-9)10-4-2-3-5-12-10/h2-5,7H,6H2,1H3. The lowest BCUT2D eigenvalue weighted by molar-refractivity contribution is -0.116. The van der Waals surface area contributed by atoms with Gasteiger partial charge in [-0.05, 0) is 19.1 Å². The Morgan fingerprint density at radius 1 is 1.40 bits per heavy atom. The van der Waals surface area contributed by atoms with Crippen LogP contribution in [-0.2, 0) is 11.2 Å². The maximum Gasteiger partial charge on any atom is 0.142 e. The van der Waals surface area contributed by atoms with Gasteiger partial charge in [-0.2, -0.15) is 0 Å². The number of hydrogen-bond donors (Lipinski definition) is 0. The number of nitrogens with zero attached hydrogens (tertiary/aromatic N) is 2. The monoisotopic (exact) mass is 218 g/mol. The van der Waals surface area contributed by atoms with Crippen molar-refractivity contribution < 1.29 is 4.79 Å². The second-order valence-electron chi connectivity index (χ2n) is 3.23. The van der Waals surface area contributed by atoms with Crippen LogP contribution >= 0.6 is 11.3 Å². The number of thiazole rings is 1. The molecule has 0 saturated carbocycles. The van der Waals surface area contributed by atoms with Gasteiger partial charge in [0.25, 0.3) is 0 Å².